The monoisotopic (exact) mass is 308 g/mol. The molecular formula is C13H23Cl2NSc-4. The van der Waals surface area contributed by atoms with Crippen LogP contribution in [0.1, 0.15) is 22.3 Å². The number of hydrogen-bond donors (Lipinski definition) is 0. The van der Waals surface area contributed by atoms with Gasteiger partial charge >= 0.3 is 0 Å². The molecule has 0 saturated heterocycles. The molecule has 0 atom stereocenters. The number of nitrogens with zero attached hydrogens (tertiary/aromatic N) is 1. The Morgan fingerprint density at radius 1 is 0.941 bits per heavy atom. The fraction of sp³-hybridized carbons (Fsp3) is 0.538. The van der Waals surface area contributed by atoms with Gasteiger partial charge in [0.25, 0.3) is 0 Å². The Labute approximate surface area is 138 Å². The zero-order valence-corrected chi connectivity index (χ0v) is 15.1. The third kappa shape index (κ3) is 10.4. The minimum absolute atomic E-state index is 0. The van der Waals surface area contributed by atoms with Gasteiger partial charge in [-0.1, -0.05) is 27.7 Å². The van der Waals surface area contributed by atoms with E-state index in [9.17, 15) is 0 Å². The van der Waals surface area contributed by atoms with E-state index in [4.69, 9.17) is 0 Å². The first-order chi connectivity index (χ1) is 6.40. The van der Waals surface area contributed by atoms with Gasteiger partial charge in [0.05, 0.1) is 0 Å². The van der Waals surface area contributed by atoms with Crippen LogP contribution in [0.15, 0.2) is 6.07 Å². The summed E-state index contributed by atoms with van der Waals surface area (Å²) in [6.07, 6.45) is 0. The molecule has 0 saturated carbocycles. The van der Waals surface area contributed by atoms with E-state index in [1.165, 1.54) is 22.3 Å². The van der Waals surface area contributed by atoms with Crippen molar-refractivity contribution in [2.24, 2.45) is 0 Å². The van der Waals surface area contributed by atoms with Gasteiger partial charge in [-0.05, 0) is 14.1 Å². The summed E-state index contributed by atoms with van der Waals surface area (Å²) < 4.78 is 0. The predicted molar refractivity (Wildman–Crippen MR) is 64.9 cm³/mol. The summed E-state index contributed by atoms with van der Waals surface area (Å²) in [6, 6.07) is 2.24. The molecule has 101 valence electrons. The van der Waals surface area contributed by atoms with Crippen molar-refractivity contribution in [3.05, 3.63) is 35.2 Å². The summed E-state index contributed by atoms with van der Waals surface area (Å²) in [6.45, 7) is 13.2. The summed E-state index contributed by atoms with van der Waals surface area (Å²) in [5, 5.41) is 0. The standard InChI is InChI=1S/C9H13.C4H10N.2ClH.Sc/c1-6-5-7(2)9(4)8(6)3;1-4-5(2)3;;;/h5H,1-4H3;1,4H2,2-3H3;2*1H;/q2*-1;;;/p-2. The Hall–Kier alpha value is 0.760. The van der Waals surface area contributed by atoms with Crippen LogP contribution in [0.4, 0.5) is 0 Å². The van der Waals surface area contributed by atoms with Crippen LogP contribution in [-0.4, -0.2) is 25.5 Å². The second-order valence-electron chi connectivity index (χ2n) is 4.06. The molecule has 1 rings (SSSR count). The van der Waals surface area contributed by atoms with Crippen LogP contribution in [0.25, 0.3) is 0 Å². The topological polar surface area (TPSA) is 3.24 Å². The molecule has 0 N–H and O–H groups in total. The van der Waals surface area contributed by atoms with Crippen molar-refractivity contribution in [1.82, 2.24) is 4.90 Å². The molecule has 0 aromatic heterocycles. The van der Waals surface area contributed by atoms with Crippen molar-refractivity contribution in [3.63, 3.8) is 0 Å². The average molecular weight is 309 g/mol. The molecule has 0 fully saturated rings. The first-order valence-corrected chi connectivity index (χ1v) is 5.04. The van der Waals surface area contributed by atoms with E-state index >= 15 is 0 Å². The van der Waals surface area contributed by atoms with Gasteiger partial charge < -0.3 is 36.6 Å². The Bertz CT molecular complexity index is 261. The zero-order valence-electron chi connectivity index (χ0n) is 11.8. The van der Waals surface area contributed by atoms with Crippen LogP contribution in [0, 0.1) is 34.6 Å². The minimum Gasteiger partial charge on any atom is -1.00 e. The molecule has 1 radical (unpaired) electrons. The first kappa shape index (κ1) is 26.3. The van der Waals surface area contributed by atoms with Crippen LogP contribution in [0.2, 0.25) is 0 Å². The van der Waals surface area contributed by atoms with E-state index in [1.807, 2.05) is 19.0 Å². The van der Waals surface area contributed by atoms with E-state index in [-0.39, 0.29) is 50.7 Å². The van der Waals surface area contributed by atoms with Crippen LogP contribution < -0.4 is 24.8 Å². The number of rotatable bonds is 1. The molecule has 0 unspecified atom stereocenters. The summed E-state index contributed by atoms with van der Waals surface area (Å²) in [5.41, 5.74) is 5.75. The maximum atomic E-state index is 3.61. The molecule has 17 heavy (non-hydrogen) atoms. The normalized spacial score (nSPS) is 8.24. The predicted octanol–water partition coefficient (Wildman–Crippen LogP) is -2.97. The molecular weight excluding hydrogens is 286 g/mol. The van der Waals surface area contributed by atoms with Crippen molar-refractivity contribution < 1.29 is 50.7 Å². The van der Waals surface area contributed by atoms with Crippen LogP contribution >= 0.6 is 0 Å². The van der Waals surface area contributed by atoms with Crippen molar-refractivity contribution >= 4 is 0 Å². The quantitative estimate of drug-likeness (QED) is 0.501. The largest absolute Gasteiger partial charge is 1.00 e. The molecule has 1 aromatic carbocycles. The molecule has 4 heteroatoms. The summed E-state index contributed by atoms with van der Waals surface area (Å²) in [7, 11) is 3.99. The van der Waals surface area contributed by atoms with Gasteiger partial charge in [0.15, 0.2) is 0 Å². The Morgan fingerprint density at radius 3 is 1.24 bits per heavy atom. The third-order valence-corrected chi connectivity index (χ3v) is 2.63. The third-order valence-electron chi connectivity index (χ3n) is 2.63. The number of aryl methyl sites for hydroxylation is 2. The Balaban J connectivity index is -0.0000000948. The number of hydrogen-bond acceptors (Lipinski definition) is 1. The zero-order chi connectivity index (χ0) is 11.3. The molecule has 0 bridgehead atoms. The maximum Gasteiger partial charge on any atom is 0 e. The fourth-order valence-corrected chi connectivity index (χ4v) is 1.13. The van der Waals surface area contributed by atoms with E-state index in [0.717, 1.165) is 6.54 Å². The molecule has 1 nitrogen and oxygen atoms in total. The SMILES string of the molecule is Cc1[cH-]c(C)c(C)c1C.[CH2-]CN(C)C.[Cl-].[Cl-].[Sc]. The van der Waals surface area contributed by atoms with E-state index in [1.54, 1.807) is 0 Å². The maximum absolute atomic E-state index is 3.61. The van der Waals surface area contributed by atoms with Crippen LogP contribution in [0.3, 0.4) is 0 Å². The number of halogens is 2. The van der Waals surface area contributed by atoms with Gasteiger partial charge in [-0.2, -0.15) is 28.3 Å². The van der Waals surface area contributed by atoms with E-state index in [2.05, 4.69) is 40.7 Å². The van der Waals surface area contributed by atoms with Gasteiger partial charge in [-0.3, -0.25) is 0 Å². The fourth-order valence-electron chi connectivity index (χ4n) is 1.13. The van der Waals surface area contributed by atoms with Crippen molar-refractivity contribution in [2.75, 3.05) is 20.6 Å². The summed E-state index contributed by atoms with van der Waals surface area (Å²) >= 11 is 0. The van der Waals surface area contributed by atoms with Gasteiger partial charge in [0, 0.05) is 25.8 Å². The van der Waals surface area contributed by atoms with Gasteiger partial charge in [0.2, 0.25) is 0 Å². The smallest absolute Gasteiger partial charge is 0 e. The summed E-state index contributed by atoms with van der Waals surface area (Å²) in [5.74, 6) is 0. The Morgan fingerprint density at radius 2 is 1.18 bits per heavy atom. The van der Waals surface area contributed by atoms with Crippen LogP contribution in [0.5, 0.6) is 0 Å². The van der Waals surface area contributed by atoms with E-state index in [0.29, 0.717) is 0 Å². The van der Waals surface area contributed by atoms with E-state index < -0.39 is 0 Å². The van der Waals surface area contributed by atoms with Gasteiger partial charge in [-0.15, -0.1) is 6.54 Å². The molecule has 0 aliphatic rings. The molecule has 0 aliphatic carbocycles. The first-order valence-electron chi connectivity index (χ1n) is 5.04. The minimum atomic E-state index is 0. The molecule has 0 aliphatic heterocycles. The molecule has 1 aromatic rings. The Kier molecular flexibility index (Phi) is 20.5. The van der Waals surface area contributed by atoms with Crippen LogP contribution in [-0.2, 0) is 25.8 Å². The van der Waals surface area contributed by atoms with Crippen molar-refractivity contribution in [1.29, 1.82) is 0 Å². The molecule has 0 heterocycles. The second kappa shape index (κ2) is 13.2. The van der Waals surface area contributed by atoms with Gasteiger partial charge in [-0.25, -0.2) is 0 Å². The molecule has 0 spiro atoms. The average Bonchev–Trinajstić information content (AvgIpc) is 2.34. The van der Waals surface area contributed by atoms with Crippen molar-refractivity contribution in [2.45, 2.75) is 27.7 Å². The summed E-state index contributed by atoms with van der Waals surface area (Å²) in [4.78, 5) is 2.01. The van der Waals surface area contributed by atoms with Crippen molar-refractivity contribution in [3.8, 4) is 0 Å². The second-order valence-corrected chi connectivity index (χ2v) is 4.06. The van der Waals surface area contributed by atoms with Gasteiger partial charge in [0.1, 0.15) is 0 Å². The molecule has 0 amide bonds.